The summed E-state index contributed by atoms with van der Waals surface area (Å²) < 4.78 is 13.4. The van der Waals surface area contributed by atoms with Gasteiger partial charge in [0.05, 0.1) is 11.3 Å². The maximum atomic E-state index is 13.4. The number of carbonyl (C=O) groups excluding carboxylic acids is 1. The Bertz CT molecular complexity index is 800. The number of hydrogen-bond donors (Lipinski definition) is 1. The third-order valence-corrected chi connectivity index (χ3v) is 3.45. The number of H-pyrrole nitrogens is 1. The third kappa shape index (κ3) is 2.01. The van der Waals surface area contributed by atoms with Gasteiger partial charge in [0.2, 0.25) is 0 Å². The van der Waals surface area contributed by atoms with Gasteiger partial charge in [-0.2, -0.15) is 0 Å². The smallest absolute Gasteiger partial charge is 0.162 e. The first-order valence-corrected chi connectivity index (χ1v) is 6.45. The minimum atomic E-state index is -0.338. The minimum absolute atomic E-state index is 0.0718. The van der Waals surface area contributed by atoms with Gasteiger partial charge in [-0.3, -0.25) is 4.79 Å². The van der Waals surface area contributed by atoms with Crippen LogP contribution in [0.3, 0.4) is 0 Å². The molecule has 1 aromatic heterocycles. The molecule has 0 aliphatic carbocycles. The number of benzene rings is 2. The fraction of sp³-hybridized carbons (Fsp3) is 0.118. The molecular weight excluding hydrogens is 253 g/mol. The maximum Gasteiger partial charge on any atom is 0.162 e. The summed E-state index contributed by atoms with van der Waals surface area (Å²) in [7, 11) is 0. The lowest BCUT2D eigenvalue weighted by molar-refractivity contribution is 0.102. The number of halogens is 1. The molecule has 20 heavy (non-hydrogen) atoms. The van der Waals surface area contributed by atoms with Crippen LogP contribution in [0, 0.1) is 12.7 Å². The van der Waals surface area contributed by atoms with Crippen LogP contribution in [-0.2, 0) is 0 Å². The number of rotatable bonds is 2. The molecule has 0 amide bonds. The zero-order valence-electron chi connectivity index (χ0n) is 11.3. The first-order chi connectivity index (χ1) is 9.56. The molecule has 0 atom stereocenters. The molecule has 1 N–H and O–H groups in total. The van der Waals surface area contributed by atoms with E-state index in [0.717, 1.165) is 22.3 Å². The largest absolute Gasteiger partial charge is 0.354 e. The third-order valence-electron chi connectivity index (χ3n) is 3.45. The highest BCUT2D eigenvalue weighted by Crippen LogP contribution is 2.31. The van der Waals surface area contributed by atoms with Crippen LogP contribution < -0.4 is 0 Å². The number of ketones is 1. The molecule has 0 saturated carbocycles. The number of hydrogen-bond acceptors (Lipinski definition) is 1. The van der Waals surface area contributed by atoms with Crippen molar-refractivity contribution >= 4 is 16.7 Å². The highest BCUT2D eigenvalue weighted by atomic mass is 19.1. The van der Waals surface area contributed by atoms with E-state index in [-0.39, 0.29) is 11.6 Å². The highest BCUT2D eigenvalue weighted by Gasteiger charge is 2.17. The molecule has 0 aliphatic rings. The molecule has 0 bridgehead atoms. The van der Waals surface area contributed by atoms with Crippen molar-refractivity contribution in [1.82, 2.24) is 4.98 Å². The van der Waals surface area contributed by atoms with E-state index in [1.54, 1.807) is 6.07 Å². The highest BCUT2D eigenvalue weighted by molar-refractivity contribution is 6.12. The monoisotopic (exact) mass is 267 g/mol. The van der Waals surface area contributed by atoms with Gasteiger partial charge in [0.25, 0.3) is 0 Å². The second kappa shape index (κ2) is 4.60. The van der Waals surface area contributed by atoms with E-state index in [4.69, 9.17) is 0 Å². The zero-order chi connectivity index (χ0) is 14.3. The average molecular weight is 267 g/mol. The first-order valence-electron chi connectivity index (χ1n) is 6.45. The Hall–Kier alpha value is -2.42. The van der Waals surface area contributed by atoms with Crippen molar-refractivity contribution < 1.29 is 9.18 Å². The molecular formula is C17H14FNO. The van der Waals surface area contributed by atoms with E-state index >= 15 is 0 Å². The van der Waals surface area contributed by atoms with E-state index in [2.05, 4.69) is 4.98 Å². The van der Waals surface area contributed by atoms with E-state index < -0.39 is 0 Å². The van der Waals surface area contributed by atoms with Crippen LogP contribution in [-0.4, -0.2) is 10.8 Å². The average Bonchev–Trinajstić information content (AvgIpc) is 2.78. The molecule has 3 aromatic rings. The summed E-state index contributed by atoms with van der Waals surface area (Å²) in [5.74, 6) is -0.410. The molecule has 3 heteroatoms. The van der Waals surface area contributed by atoms with Crippen molar-refractivity contribution in [3.05, 3.63) is 59.4 Å². The van der Waals surface area contributed by atoms with Gasteiger partial charge in [-0.05, 0) is 37.6 Å². The van der Waals surface area contributed by atoms with Crippen LogP contribution in [0.25, 0.3) is 22.2 Å². The number of nitrogens with one attached hydrogen (secondary N) is 1. The number of carbonyl (C=O) groups is 1. The molecule has 0 unspecified atom stereocenters. The first kappa shape index (κ1) is 12.6. The number of aromatic amines is 1. The summed E-state index contributed by atoms with van der Waals surface area (Å²) >= 11 is 0. The zero-order valence-corrected chi connectivity index (χ0v) is 11.3. The van der Waals surface area contributed by atoms with Crippen molar-refractivity contribution in [2.75, 3.05) is 0 Å². The predicted molar refractivity (Wildman–Crippen MR) is 78.4 cm³/mol. The Morgan fingerprint density at radius 2 is 1.80 bits per heavy atom. The van der Waals surface area contributed by atoms with Crippen molar-refractivity contribution in [3.63, 3.8) is 0 Å². The second-order valence-electron chi connectivity index (χ2n) is 4.99. The fourth-order valence-corrected chi connectivity index (χ4v) is 2.47. The molecule has 0 aliphatic heterocycles. The van der Waals surface area contributed by atoms with E-state index in [1.165, 1.54) is 19.1 Å². The van der Waals surface area contributed by atoms with Crippen LogP contribution in [0.4, 0.5) is 4.39 Å². The van der Waals surface area contributed by atoms with Gasteiger partial charge in [-0.1, -0.05) is 29.8 Å². The van der Waals surface area contributed by atoms with Gasteiger partial charge in [0.1, 0.15) is 5.82 Å². The number of fused-ring (bicyclic) bond motifs is 1. The Balaban J connectivity index is 2.32. The summed E-state index contributed by atoms with van der Waals surface area (Å²) in [6.45, 7) is 3.52. The second-order valence-corrected chi connectivity index (χ2v) is 4.99. The van der Waals surface area contributed by atoms with Gasteiger partial charge in [0.15, 0.2) is 5.78 Å². The van der Waals surface area contributed by atoms with Crippen LogP contribution in [0.5, 0.6) is 0 Å². The number of Topliss-reactive ketones (excluding diaryl/α,β-unsaturated/α-hetero) is 1. The SMILES string of the molecule is CC(=O)c1c(-c2ccc(C)cc2)[nH]c2ccc(F)cc12. The molecule has 3 rings (SSSR count). The lowest BCUT2D eigenvalue weighted by Crippen LogP contribution is -1.94. The molecule has 0 spiro atoms. The van der Waals surface area contributed by atoms with E-state index in [9.17, 15) is 9.18 Å². The summed E-state index contributed by atoms with van der Waals surface area (Å²) in [4.78, 5) is 15.2. The van der Waals surface area contributed by atoms with Crippen LogP contribution in [0.15, 0.2) is 42.5 Å². The fourth-order valence-electron chi connectivity index (χ4n) is 2.47. The summed E-state index contributed by atoms with van der Waals surface area (Å²) in [6.07, 6.45) is 0. The normalized spacial score (nSPS) is 10.9. The summed E-state index contributed by atoms with van der Waals surface area (Å²) in [5, 5.41) is 0.632. The standard InChI is InChI=1S/C17H14FNO/c1-10-3-5-12(6-4-10)17-16(11(2)20)14-9-13(18)7-8-15(14)19-17/h3-9,19H,1-2H3. The maximum absolute atomic E-state index is 13.4. The van der Waals surface area contributed by atoms with Crippen LogP contribution >= 0.6 is 0 Å². The lowest BCUT2D eigenvalue weighted by Gasteiger charge is -2.02. The molecule has 2 aromatic carbocycles. The molecule has 1 heterocycles. The Labute approximate surface area is 116 Å². The lowest BCUT2D eigenvalue weighted by atomic mass is 10.0. The summed E-state index contributed by atoms with van der Waals surface area (Å²) in [5.41, 5.74) is 4.14. The van der Waals surface area contributed by atoms with E-state index in [0.29, 0.717) is 10.9 Å². The van der Waals surface area contributed by atoms with Gasteiger partial charge in [-0.15, -0.1) is 0 Å². The topological polar surface area (TPSA) is 32.9 Å². The van der Waals surface area contributed by atoms with Crippen molar-refractivity contribution in [2.24, 2.45) is 0 Å². The van der Waals surface area contributed by atoms with Gasteiger partial charge in [0, 0.05) is 10.9 Å². The van der Waals surface area contributed by atoms with Gasteiger partial charge < -0.3 is 4.98 Å². The predicted octanol–water partition coefficient (Wildman–Crippen LogP) is 4.49. The van der Waals surface area contributed by atoms with Crippen molar-refractivity contribution in [2.45, 2.75) is 13.8 Å². The quantitative estimate of drug-likeness (QED) is 0.682. The Kier molecular flexibility index (Phi) is 2.90. The van der Waals surface area contributed by atoms with Gasteiger partial charge >= 0.3 is 0 Å². The van der Waals surface area contributed by atoms with Crippen molar-refractivity contribution in [3.8, 4) is 11.3 Å². The van der Waals surface area contributed by atoms with Crippen molar-refractivity contribution in [1.29, 1.82) is 0 Å². The molecule has 0 fully saturated rings. The molecule has 100 valence electrons. The number of aromatic nitrogens is 1. The summed E-state index contributed by atoms with van der Waals surface area (Å²) in [6, 6.07) is 12.4. The Morgan fingerprint density at radius 3 is 2.45 bits per heavy atom. The number of aryl methyl sites for hydroxylation is 1. The molecule has 0 saturated heterocycles. The van der Waals surface area contributed by atoms with Crippen LogP contribution in [0.2, 0.25) is 0 Å². The van der Waals surface area contributed by atoms with Gasteiger partial charge in [-0.25, -0.2) is 4.39 Å². The van der Waals surface area contributed by atoms with E-state index in [1.807, 2.05) is 31.2 Å². The molecule has 2 nitrogen and oxygen atoms in total. The van der Waals surface area contributed by atoms with Crippen LogP contribution in [0.1, 0.15) is 22.8 Å². The molecule has 0 radical (unpaired) electrons. The minimum Gasteiger partial charge on any atom is -0.354 e. The Morgan fingerprint density at radius 1 is 1.10 bits per heavy atom.